The monoisotopic (exact) mass is 365 g/mol. The van der Waals surface area contributed by atoms with E-state index in [0.29, 0.717) is 5.75 Å². The lowest BCUT2D eigenvalue weighted by Crippen LogP contribution is -2.47. The highest BCUT2D eigenvalue weighted by Crippen LogP contribution is 2.17. The molecule has 0 radical (unpaired) electrons. The molecular weight excluding hydrogens is 352 g/mol. The molecule has 0 spiro atoms. The van der Waals surface area contributed by atoms with Crippen LogP contribution in [0.1, 0.15) is 13.3 Å². The van der Waals surface area contributed by atoms with Crippen molar-refractivity contribution in [3.05, 3.63) is 28.7 Å². The molecule has 21 heavy (non-hydrogen) atoms. The van der Waals surface area contributed by atoms with Gasteiger partial charge in [0.05, 0.1) is 0 Å². The Bertz CT molecular complexity index is 495. The number of aliphatic carboxylic acids is 1. The van der Waals surface area contributed by atoms with E-state index >= 15 is 0 Å². The van der Waals surface area contributed by atoms with Crippen molar-refractivity contribution in [2.24, 2.45) is 0 Å². The van der Waals surface area contributed by atoms with Gasteiger partial charge in [-0.25, -0.2) is 13.6 Å². The van der Waals surface area contributed by atoms with Crippen LogP contribution in [0.25, 0.3) is 0 Å². The van der Waals surface area contributed by atoms with Crippen LogP contribution in [0.2, 0.25) is 0 Å². The number of benzene rings is 1. The molecule has 1 aromatic rings. The Morgan fingerprint density at radius 1 is 1.33 bits per heavy atom. The van der Waals surface area contributed by atoms with E-state index in [0.717, 1.165) is 4.47 Å². The van der Waals surface area contributed by atoms with E-state index in [9.17, 15) is 18.4 Å². The summed E-state index contributed by atoms with van der Waals surface area (Å²) in [5.74, 6) is -1.88. The Morgan fingerprint density at radius 2 is 1.90 bits per heavy atom. The SMILES string of the molecule is CC(Oc1ccc(Br)cc1)C(=O)NC(CC(F)F)C(=O)O. The van der Waals surface area contributed by atoms with E-state index in [1.54, 1.807) is 24.3 Å². The van der Waals surface area contributed by atoms with E-state index in [4.69, 9.17) is 9.84 Å². The first-order valence-electron chi connectivity index (χ1n) is 6.03. The molecule has 1 rings (SSSR count). The topological polar surface area (TPSA) is 75.6 Å². The molecule has 0 aliphatic heterocycles. The van der Waals surface area contributed by atoms with Crippen LogP contribution >= 0.6 is 15.9 Å². The van der Waals surface area contributed by atoms with Crippen molar-refractivity contribution in [2.45, 2.75) is 31.9 Å². The van der Waals surface area contributed by atoms with Crippen LogP contribution in [-0.4, -0.2) is 35.6 Å². The van der Waals surface area contributed by atoms with Gasteiger partial charge in [-0.1, -0.05) is 15.9 Å². The predicted octanol–water partition coefficient (Wildman–Crippen LogP) is 2.44. The standard InChI is InChI=1S/C13H14BrF2NO4/c1-7(21-9-4-2-8(14)3-5-9)12(18)17-10(13(19)20)6-11(15)16/h2-5,7,10-11H,6H2,1H3,(H,17,18)(H,19,20). The molecule has 1 aromatic carbocycles. The average molecular weight is 366 g/mol. The molecule has 5 nitrogen and oxygen atoms in total. The molecule has 0 fully saturated rings. The van der Waals surface area contributed by atoms with Crippen LogP contribution in [0.4, 0.5) is 8.78 Å². The van der Waals surface area contributed by atoms with Crippen LogP contribution in [0.15, 0.2) is 28.7 Å². The lowest BCUT2D eigenvalue weighted by Gasteiger charge is -2.18. The third-order valence-electron chi connectivity index (χ3n) is 2.52. The molecule has 8 heteroatoms. The Kier molecular flexibility index (Phi) is 6.54. The van der Waals surface area contributed by atoms with Gasteiger partial charge in [0.1, 0.15) is 11.8 Å². The fourth-order valence-electron chi connectivity index (χ4n) is 1.46. The molecule has 0 saturated heterocycles. The number of carbonyl (C=O) groups is 2. The fraction of sp³-hybridized carbons (Fsp3) is 0.385. The van der Waals surface area contributed by atoms with Crippen LogP contribution < -0.4 is 10.1 Å². The second-order valence-electron chi connectivity index (χ2n) is 4.24. The summed E-state index contributed by atoms with van der Waals surface area (Å²) in [4.78, 5) is 22.6. The first-order valence-corrected chi connectivity index (χ1v) is 6.82. The van der Waals surface area contributed by atoms with Gasteiger partial charge in [-0.2, -0.15) is 0 Å². The lowest BCUT2D eigenvalue weighted by atomic mass is 10.2. The Hall–Kier alpha value is -1.70. The molecule has 2 N–H and O–H groups in total. The number of ether oxygens (including phenoxy) is 1. The second kappa shape index (κ2) is 7.92. The van der Waals surface area contributed by atoms with Gasteiger partial charge in [-0.3, -0.25) is 4.79 Å². The Morgan fingerprint density at radius 3 is 2.38 bits per heavy atom. The highest BCUT2D eigenvalue weighted by Gasteiger charge is 2.26. The number of hydrogen-bond acceptors (Lipinski definition) is 3. The number of rotatable bonds is 7. The normalized spacial score (nSPS) is 13.6. The lowest BCUT2D eigenvalue weighted by molar-refractivity contribution is -0.144. The first-order chi connectivity index (χ1) is 9.79. The van der Waals surface area contributed by atoms with Gasteiger partial charge in [0.2, 0.25) is 6.43 Å². The first kappa shape index (κ1) is 17.4. The fourth-order valence-corrected chi connectivity index (χ4v) is 1.72. The van der Waals surface area contributed by atoms with Crippen LogP contribution in [0, 0.1) is 0 Å². The molecule has 0 saturated carbocycles. The van der Waals surface area contributed by atoms with Crippen LogP contribution in [-0.2, 0) is 9.59 Å². The summed E-state index contributed by atoms with van der Waals surface area (Å²) in [6.07, 6.45) is -4.79. The maximum Gasteiger partial charge on any atom is 0.326 e. The molecule has 2 unspecified atom stereocenters. The quantitative estimate of drug-likeness (QED) is 0.777. The zero-order chi connectivity index (χ0) is 16.0. The van der Waals surface area contributed by atoms with Gasteiger partial charge in [-0.05, 0) is 31.2 Å². The predicted molar refractivity (Wildman–Crippen MR) is 74.4 cm³/mol. The largest absolute Gasteiger partial charge is 0.481 e. The minimum absolute atomic E-state index is 0.404. The summed E-state index contributed by atoms with van der Waals surface area (Å²) < 4.78 is 30.6. The Labute approximate surface area is 128 Å². The third-order valence-corrected chi connectivity index (χ3v) is 3.05. The van der Waals surface area contributed by atoms with Crippen molar-refractivity contribution in [3.63, 3.8) is 0 Å². The van der Waals surface area contributed by atoms with E-state index < -0.39 is 36.9 Å². The van der Waals surface area contributed by atoms with Gasteiger partial charge >= 0.3 is 5.97 Å². The van der Waals surface area contributed by atoms with Crippen molar-refractivity contribution in [2.75, 3.05) is 0 Å². The molecule has 0 aliphatic carbocycles. The van der Waals surface area contributed by atoms with Crippen molar-refractivity contribution in [1.29, 1.82) is 0 Å². The Balaban J connectivity index is 2.60. The van der Waals surface area contributed by atoms with Gasteiger partial charge in [0.25, 0.3) is 5.91 Å². The van der Waals surface area contributed by atoms with Gasteiger partial charge < -0.3 is 15.2 Å². The maximum atomic E-state index is 12.2. The van der Waals surface area contributed by atoms with Gasteiger partial charge in [0.15, 0.2) is 6.10 Å². The number of halogens is 3. The molecule has 0 aliphatic rings. The van der Waals surface area contributed by atoms with Crippen molar-refractivity contribution >= 4 is 27.8 Å². The highest BCUT2D eigenvalue weighted by molar-refractivity contribution is 9.10. The third kappa shape index (κ3) is 6.07. The molecule has 0 aromatic heterocycles. The zero-order valence-electron chi connectivity index (χ0n) is 11.1. The average Bonchev–Trinajstić information content (AvgIpc) is 2.39. The van der Waals surface area contributed by atoms with E-state index in [1.807, 2.05) is 5.32 Å². The minimum atomic E-state index is -2.82. The number of nitrogens with one attached hydrogen (secondary N) is 1. The molecule has 2 atom stereocenters. The van der Waals surface area contributed by atoms with Crippen molar-refractivity contribution in [3.8, 4) is 5.75 Å². The summed E-state index contributed by atoms with van der Waals surface area (Å²) in [6, 6.07) is 4.99. The molecule has 116 valence electrons. The number of amides is 1. The number of carboxylic acids is 1. The van der Waals surface area contributed by atoms with Gasteiger partial charge in [0, 0.05) is 10.9 Å². The summed E-state index contributed by atoms with van der Waals surface area (Å²) in [5, 5.41) is 10.8. The number of hydrogen-bond donors (Lipinski definition) is 2. The maximum absolute atomic E-state index is 12.2. The van der Waals surface area contributed by atoms with Crippen molar-refractivity contribution < 1.29 is 28.2 Å². The summed E-state index contributed by atoms with van der Waals surface area (Å²) >= 11 is 3.24. The molecule has 1 amide bonds. The summed E-state index contributed by atoms with van der Waals surface area (Å²) in [6.45, 7) is 1.40. The zero-order valence-corrected chi connectivity index (χ0v) is 12.6. The van der Waals surface area contributed by atoms with E-state index in [1.165, 1.54) is 6.92 Å². The van der Waals surface area contributed by atoms with Crippen LogP contribution in [0.3, 0.4) is 0 Å². The van der Waals surface area contributed by atoms with Crippen LogP contribution in [0.5, 0.6) is 5.75 Å². The number of alkyl halides is 2. The van der Waals surface area contributed by atoms with E-state index in [2.05, 4.69) is 15.9 Å². The van der Waals surface area contributed by atoms with Gasteiger partial charge in [-0.15, -0.1) is 0 Å². The highest BCUT2D eigenvalue weighted by atomic mass is 79.9. The van der Waals surface area contributed by atoms with Crippen molar-refractivity contribution in [1.82, 2.24) is 5.32 Å². The second-order valence-corrected chi connectivity index (χ2v) is 5.16. The number of carbonyl (C=O) groups excluding carboxylic acids is 1. The summed E-state index contributed by atoms with van der Waals surface area (Å²) in [5.41, 5.74) is 0. The smallest absolute Gasteiger partial charge is 0.326 e. The summed E-state index contributed by atoms with van der Waals surface area (Å²) in [7, 11) is 0. The molecule has 0 heterocycles. The molecular formula is C13H14BrF2NO4. The minimum Gasteiger partial charge on any atom is -0.481 e. The molecule has 0 bridgehead atoms. The number of carboxylic acid groups (broad SMARTS) is 1. The van der Waals surface area contributed by atoms with E-state index in [-0.39, 0.29) is 0 Å².